The highest BCUT2D eigenvalue weighted by molar-refractivity contribution is 8.78. The molecule has 0 fully saturated rings. The lowest BCUT2D eigenvalue weighted by molar-refractivity contribution is 0.0973. The molecule has 0 aliphatic heterocycles. The lowest BCUT2D eigenvalue weighted by atomic mass is 9.83. The van der Waals surface area contributed by atoms with Gasteiger partial charge in [0.1, 0.15) is 0 Å². The summed E-state index contributed by atoms with van der Waals surface area (Å²) >= 11 is 0. The minimum atomic E-state index is 0.00352. The van der Waals surface area contributed by atoms with E-state index < -0.39 is 0 Å². The van der Waals surface area contributed by atoms with Crippen molar-refractivity contribution in [2.45, 2.75) is 150 Å². The second kappa shape index (κ2) is 24.8. The maximum atomic E-state index is 13.4. The zero-order chi connectivity index (χ0) is 34.4. The van der Waals surface area contributed by atoms with E-state index in [1.165, 1.54) is 120 Å². The van der Waals surface area contributed by atoms with Gasteiger partial charge in [0.05, 0.1) is 0 Å². The summed E-state index contributed by atoms with van der Waals surface area (Å²) in [6.45, 7) is 12.6. The van der Waals surface area contributed by atoms with Gasteiger partial charge < -0.3 is 4.90 Å². The van der Waals surface area contributed by atoms with Crippen LogP contribution >= 0.6 is 21.6 Å². The van der Waals surface area contributed by atoms with Gasteiger partial charge in [-0.1, -0.05) is 163 Å². The third-order valence-electron chi connectivity index (χ3n) is 9.76. The molecule has 0 spiro atoms. The molecular weight excluding hydrogens is 615 g/mol. The van der Waals surface area contributed by atoms with Crippen molar-refractivity contribution in [1.82, 2.24) is 4.90 Å². The Balaban J connectivity index is 1.81. The number of carbonyl (C=O) groups excluding carboxylic acids is 2. The Morgan fingerprint density at radius 2 is 1.23 bits per heavy atom. The zero-order valence-corrected chi connectivity index (χ0v) is 33.0. The number of nitrogens with zero attached hydrogens (tertiary/aromatic N) is 1. The molecule has 47 heavy (non-hydrogen) atoms. The molecule has 1 aromatic rings. The predicted octanol–water partition coefficient (Wildman–Crippen LogP) is 13.2. The molecule has 3 nitrogen and oxygen atoms in total. The van der Waals surface area contributed by atoms with Gasteiger partial charge in [-0.2, -0.15) is 0 Å². The molecule has 2 unspecified atom stereocenters. The van der Waals surface area contributed by atoms with Gasteiger partial charge in [0, 0.05) is 28.0 Å². The van der Waals surface area contributed by atoms with Crippen molar-refractivity contribution < 1.29 is 9.59 Å². The smallest absolute Gasteiger partial charge is 0.190 e. The van der Waals surface area contributed by atoms with E-state index in [0.717, 1.165) is 24.2 Å². The van der Waals surface area contributed by atoms with Crippen LogP contribution in [0.3, 0.4) is 0 Å². The van der Waals surface area contributed by atoms with Crippen molar-refractivity contribution in [3.63, 3.8) is 0 Å². The lowest BCUT2D eigenvalue weighted by Gasteiger charge is -2.18. The largest absolute Gasteiger partial charge is 0.309 e. The summed E-state index contributed by atoms with van der Waals surface area (Å²) in [6, 6.07) is 7.29. The molecule has 1 aliphatic rings. The van der Waals surface area contributed by atoms with Gasteiger partial charge in [-0.25, -0.2) is 0 Å². The van der Waals surface area contributed by atoms with Crippen LogP contribution in [0, 0.1) is 17.8 Å². The average molecular weight is 684 g/mol. The Morgan fingerprint density at radius 3 is 1.83 bits per heavy atom. The summed E-state index contributed by atoms with van der Waals surface area (Å²) in [5.74, 6) is 3.62. The van der Waals surface area contributed by atoms with Gasteiger partial charge in [-0.3, -0.25) is 9.59 Å². The first-order valence-corrected chi connectivity index (χ1v) is 21.4. The van der Waals surface area contributed by atoms with E-state index in [0.29, 0.717) is 28.7 Å². The van der Waals surface area contributed by atoms with Crippen LogP contribution in [-0.2, 0) is 0 Å². The Morgan fingerprint density at radius 1 is 0.702 bits per heavy atom. The van der Waals surface area contributed by atoms with Gasteiger partial charge in [-0.15, -0.1) is 0 Å². The molecule has 2 atom stereocenters. The van der Waals surface area contributed by atoms with Gasteiger partial charge in [-0.05, 0) is 82.3 Å². The summed E-state index contributed by atoms with van der Waals surface area (Å²) in [7, 11) is 8.21. The Bertz CT molecular complexity index is 1110. The van der Waals surface area contributed by atoms with Gasteiger partial charge >= 0.3 is 0 Å². The van der Waals surface area contributed by atoms with Crippen molar-refractivity contribution in [3.8, 4) is 0 Å². The minimum absolute atomic E-state index is 0.00352. The number of rotatable bonds is 27. The quantitative estimate of drug-likeness (QED) is 0.0681. The van der Waals surface area contributed by atoms with E-state index >= 15 is 0 Å². The molecule has 0 heterocycles. The number of benzene rings is 1. The number of fused-ring (bicyclic) bond motifs is 1. The first-order chi connectivity index (χ1) is 22.6. The van der Waals surface area contributed by atoms with Crippen LogP contribution in [0.2, 0.25) is 0 Å². The molecule has 0 radical (unpaired) electrons. The number of Topliss-reactive ketones (excluding diaryl/α,β-unsaturated/α-hetero) is 2. The van der Waals surface area contributed by atoms with Crippen LogP contribution in [0.4, 0.5) is 0 Å². The fourth-order valence-corrected chi connectivity index (χ4v) is 9.01. The molecule has 0 saturated heterocycles. The molecule has 1 aliphatic carbocycles. The summed E-state index contributed by atoms with van der Waals surface area (Å²) in [4.78, 5) is 30.1. The SMILES string of the molecule is CC1=C(C/C=C(\CCCC(C)CCCC(C)CCCC(C)C)SSCCCCCCCCCCN(C)C)C(=O)c2ccccc2C1=O. The molecule has 0 saturated carbocycles. The van der Waals surface area contributed by atoms with Crippen molar-refractivity contribution in [2.75, 3.05) is 26.4 Å². The molecule has 1 aromatic carbocycles. The van der Waals surface area contributed by atoms with E-state index in [9.17, 15) is 9.59 Å². The molecule has 2 rings (SSSR count). The third-order valence-corrected chi connectivity index (χ3v) is 12.4. The van der Waals surface area contributed by atoms with Gasteiger partial charge in [0.25, 0.3) is 0 Å². The van der Waals surface area contributed by atoms with Crippen LogP contribution < -0.4 is 0 Å². The number of hydrogen-bond acceptors (Lipinski definition) is 5. The van der Waals surface area contributed by atoms with E-state index in [4.69, 9.17) is 0 Å². The van der Waals surface area contributed by atoms with Crippen molar-refractivity contribution in [1.29, 1.82) is 0 Å². The predicted molar refractivity (Wildman–Crippen MR) is 211 cm³/mol. The molecule has 0 N–H and O–H groups in total. The first kappa shape index (κ1) is 41.9. The summed E-state index contributed by atoms with van der Waals surface area (Å²) in [5, 5.41) is 0. The molecule has 5 heteroatoms. The lowest BCUT2D eigenvalue weighted by Crippen LogP contribution is -2.20. The van der Waals surface area contributed by atoms with E-state index in [1.54, 1.807) is 12.1 Å². The maximum Gasteiger partial charge on any atom is 0.190 e. The highest BCUT2D eigenvalue weighted by Crippen LogP contribution is 2.37. The molecular formula is C42H69NO2S2. The minimum Gasteiger partial charge on any atom is -0.309 e. The maximum absolute atomic E-state index is 13.4. The number of carbonyl (C=O) groups is 2. The Kier molecular flexibility index (Phi) is 22.1. The summed E-state index contributed by atoms with van der Waals surface area (Å²) in [5.41, 5.74) is 2.41. The molecule has 0 bridgehead atoms. The van der Waals surface area contributed by atoms with Gasteiger partial charge in [0.2, 0.25) is 0 Å². The standard InChI is InChI=1S/C42H69NO2S2/c1-33(2)21-18-22-34(3)23-19-24-35(4)25-20-26-37(47-46-32-17-13-11-9-8-10-12-16-31-43(6)7)29-30-38-36(5)41(44)39-27-14-15-28-40(39)42(38)45/h14-15,27-29,33-35H,8-13,16-26,30-32H2,1-7H3/b37-29+. The first-order valence-electron chi connectivity index (χ1n) is 19.1. The second-order valence-corrected chi connectivity index (χ2v) is 17.6. The fourth-order valence-electron chi connectivity index (χ4n) is 6.56. The van der Waals surface area contributed by atoms with E-state index in [1.807, 2.05) is 40.6 Å². The van der Waals surface area contributed by atoms with Crippen LogP contribution in [0.15, 0.2) is 46.4 Å². The third kappa shape index (κ3) is 17.8. The zero-order valence-electron chi connectivity index (χ0n) is 31.3. The monoisotopic (exact) mass is 683 g/mol. The summed E-state index contributed by atoms with van der Waals surface area (Å²) in [6.07, 6.45) is 25.2. The number of ketones is 2. The van der Waals surface area contributed by atoms with Crippen LogP contribution in [0.1, 0.15) is 171 Å². The number of hydrogen-bond donors (Lipinski definition) is 0. The van der Waals surface area contributed by atoms with E-state index in [-0.39, 0.29) is 11.6 Å². The average Bonchev–Trinajstić information content (AvgIpc) is 3.03. The van der Waals surface area contributed by atoms with E-state index in [2.05, 4.69) is 52.8 Å². The van der Waals surface area contributed by atoms with Crippen LogP contribution in [0.25, 0.3) is 0 Å². The van der Waals surface area contributed by atoms with Gasteiger partial charge in [0.15, 0.2) is 11.6 Å². The normalized spacial score (nSPS) is 15.2. The highest BCUT2D eigenvalue weighted by Gasteiger charge is 2.28. The van der Waals surface area contributed by atoms with Crippen molar-refractivity contribution in [3.05, 3.63) is 57.5 Å². The van der Waals surface area contributed by atoms with Crippen molar-refractivity contribution >= 4 is 33.2 Å². The number of unbranched alkanes of at least 4 members (excludes halogenated alkanes) is 7. The highest BCUT2D eigenvalue weighted by atomic mass is 33.1. The van der Waals surface area contributed by atoms with Crippen molar-refractivity contribution in [2.24, 2.45) is 17.8 Å². The summed E-state index contributed by atoms with van der Waals surface area (Å²) < 4.78 is 0. The molecule has 266 valence electrons. The topological polar surface area (TPSA) is 37.4 Å². The fraction of sp³-hybridized carbons (Fsp3) is 0.714. The molecule has 0 aromatic heterocycles. The Hall–Kier alpha value is -1.30. The number of allylic oxidation sites excluding steroid dienone is 4. The molecule has 0 amide bonds. The second-order valence-electron chi connectivity index (χ2n) is 15.1. The Labute approximate surface area is 298 Å². The van der Waals surface area contributed by atoms with Crippen LogP contribution in [-0.4, -0.2) is 42.9 Å². The van der Waals surface area contributed by atoms with Crippen LogP contribution in [0.5, 0.6) is 0 Å².